The first-order valence-electron chi connectivity index (χ1n) is 4.84. The summed E-state index contributed by atoms with van der Waals surface area (Å²) >= 11 is 0. The van der Waals surface area contributed by atoms with Gasteiger partial charge in [0.05, 0.1) is 12.2 Å². The summed E-state index contributed by atoms with van der Waals surface area (Å²) in [5.41, 5.74) is 0.867. The molecule has 2 heteroatoms. The SMILES string of the molecule is C/C=C\C(=O)C1=CC[C@H]2CC[C@@H]1O2. The Kier molecular flexibility index (Phi) is 2.32. The van der Waals surface area contributed by atoms with Crippen LogP contribution in [0.3, 0.4) is 0 Å². The number of ketones is 1. The van der Waals surface area contributed by atoms with Crippen molar-refractivity contribution in [1.82, 2.24) is 0 Å². The van der Waals surface area contributed by atoms with Crippen LogP contribution in [0.5, 0.6) is 0 Å². The van der Waals surface area contributed by atoms with Gasteiger partial charge in [-0.25, -0.2) is 0 Å². The molecule has 2 aliphatic rings. The van der Waals surface area contributed by atoms with Crippen LogP contribution in [0, 0.1) is 0 Å². The van der Waals surface area contributed by atoms with Crippen LogP contribution in [0.2, 0.25) is 0 Å². The number of carbonyl (C=O) groups excluding carboxylic acids is 1. The Morgan fingerprint density at radius 1 is 1.62 bits per heavy atom. The van der Waals surface area contributed by atoms with E-state index >= 15 is 0 Å². The van der Waals surface area contributed by atoms with Crippen molar-refractivity contribution in [3.63, 3.8) is 0 Å². The van der Waals surface area contributed by atoms with E-state index in [-0.39, 0.29) is 11.9 Å². The van der Waals surface area contributed by atoms with Crippen molar-refractivity contribution in [2.24, 2.45) is 0 Å². The normalized spacial score (nSPS) is 32.2. The number of hydrogen-bond donors (Lipinski definition) is 0. The number of fused-ring (bicyclic) bond motifs is 2. The van der Waals surface area contributed by atoms with E-state index in [1.54, 1.807) is 12.2 Å². The highest BCUT2D eigenvalue weighted by Crippen LogP contribution is 2.32. The fraction of sp³-hybridized carbons (Fsp3) is 0.545. The van der Waals surface area contributed by atoms with Crippen LogP contribution in [-0.4, -0.2) is 18.0 Å². The zero-order valence-corrected chi connectivity index (χ0v) is 7.82. The molecule has 2 bridgehead atoms. The van der Waals surface area contributed by atoms with E-state index in [2.05, 4.69) is 0 Å². The molecule has 0 radical (unpaired) electrons. The van der Waals surface area contributed by atoms with Gasteiger partial charge in [0.25, 0.3) is 0 Å². The van der Waals surface area contributed by atoms with Gasteiger partial charge in [-0.2, -0.15) is 0 Å². The zero-order valence-electron chi connectivity index (χ0n) is 7.82. The topological polar surface area (TPSA) is 26.3 Å². The molecule has 0 unspecified atom stereocenters. The third kappa shape index (κ3) is 1.59. The quantitative estimate of drug-likeness (QED) is 0.604. The molecule has 0 spiro atoms. The second kappa shape index (κ2) is 3.46. The molecule has 2 aliphatic heterocycles. The highest BCUT2D eigenvalue weighted by Gasteiger charge is 2.33. The summed E-state index contributed by atoms with van der Waals surface area (Å²) < 4.78 is 5.65. The minimum Gasteiger partial charge on any atom is -0.370 e. The fourth-order valence-corrected chi connectivity index (χ4v) is 2.00. The van der Waals surface area contributed by atoms with Gasteiger partial charge in [-0.05, 0) is 32.3 Å². The number of carbonyl (C=O) groups is 1. The van der Waals surface area contributed by atoms with Crippen LogP contribution in [0.4, 0.5) is 0 Å². The largest absolute Gasteiger partial charge is 0.370 e. The molecule has 0 aliphatic carbocycles. The first-order valence-corrected chi connectivity index (χ1v) is 4.84. The maximum Gasteiger partial charge on any atom is 0.183 e. The first kappa shape index (κ1) is 8.70. The van der Waals surface area contributed by atoms with E-state index in [9.17, 15) is 4.79 Å². The summed E-state index contributed by atoms with van der Waals surface area (Å²) in [4.78, 5) is 11.6. The van der Waals surface area contributed by atoms with Crippen molar-refractivity contribution in [2.75, 3.05) is 0 Å². The molecule has 2 atom stereocenters. The van der Waals surface area contributed by atoms with Gasteiger partial charge in [-0.1, -0.05) is 12.2 Å². The number of hydrogen-bond acceptors (Lipinski definition) is 2. The highest BCUT2D eigenvalue weighted by atomic mass is 16.5. The van der Waals surface area contributed by atoms with Crippen molar-refractivity contribution < 1.29 is 9.53 Å². The maximum atomic E-state index is 11.6. The lowest BCUT2D eigenvalue weighted by Crippen LogP contribution is -2.22. The third-order valence-electron chi connectivity index (χ3n) is 2.66. The second-order valence-corrected chi connectivity index (χ2v) is 3.58. The second-order valence-electron chi connectivity index (χ2n) is 3.58. The maximum absolute atomic E-state index is 11.6. The lowest BCUT2D eigenvalue weighted by atomic mass is 10.0. The monoisotopic (exact) mass is 178 g/mol. The summed E-state index contributed by atoms with van der Waals surface area (Å²) in [5, 5.41) is 0. The van der Waals surface area contributed by atoms with E-state index in [4.69, 9.17) is 4.74 Å². The number of rotatable bonds is 2. The molecule has 1 saturated heterocycles. The molecule has 0 aromatic heterocycles. The molecule has 0 aromatic carbocycles. The molecule has 0 amide bonds. The Hall–Kier alpha value is -0.890. The molecule has 70 valence electrons. The standard InChI is InChI=1S/C11H14O2/c1-2-3-10(12)9-6-4-8-5-7-11(9)13-8/h2-3,6,8,11H,4-5,7H2,1H3/b3-2-/t8-,11-/m0/s1. The lowest BCUT2D eigenvalue weighted by molar-refractivity contribution is -0.112. The van der Waals surface area contributed by atoms with Crippen LogP contribution in [0.15, 0.2) is 23.8 Å². The molecule has 2 heterocycles. The van der Waals surface area contributed by atoms with E-state index < -0.39 is 0 Å². The van der Waals surface area contributed by atoms with Crippen LogP contribution in [0.1, 0.15) is 26.2 Å². The summed E-state index contributed by atoms with van der Waals surface area (Å²) in [6.45, 7) is 1.86. The average molecular weight is 178 g/mol. The Morgan fingerprint density at radius 3 is 3.23 bits per heavy atom. The van der Waals surface area contributed by atoms with E-state index in [0.717, 1.165) is 24.8 Å². The summed E-state index contributed by atoms with van der Waals surface area (Å²) in [5.74, 6) is 0.118. The highest BCUT2D eigenvalue weighted by molar-refractivity contribution is 6.04. The van der Waals surface area contributed by atoms with Crippen molar-refractivity contribution >= 4 is 5.78 Å². The van der Waals surface area contributed by atoms with Gasteiger partial charge >= 0.3 is 0 Å². The predicted molar refractivity (Wildman–Crippen MR) is 50.4 cm³/mol. The van der Waals surface area contributed by atoms with Crippen molar-refractivity contribution in [3.05, 3.63) is 23.8 Å². The summed E-state index contributed by atoms with van der Waals surface area (Å²) in [6, 6.07) is 0. The molecule has 0 N–H and O–H groups in total. The zero-order chi connectivity index (χ0) is 9.26. The van der Waals surface area contributed by atoms with E-state index in [1.807, 2.05) is 13.0 Å². The third-order valence-corrected chi connectivity index (χ3v) is 2.66. The van der Waals surface area contributed by atoms with Gasteiger partial charge in [-0.3, -0.25) is 4.79 Å². The van der Waals surface area contributed by atoms with Gasteiger partial charge in [0.15, 0.2) is 5.78 Å². The van der Waals surface area contributed by atoms with Gasteiger partial charge in [0.2, 0.25) is 0 Å². The minimum atomic E-state index is 0.0856. The molecule has 1 fully saturated rings. The molecule has 0 saturated carbocycles. The molecule has 0 aromatic rings. The van der Waals surface area contributed by atoms with Crippen molar-refractivity contribution in [2.45, 2.75) is 38.4 Å². The van der Waals surface area contributed by atoms with Crippen molar-refractivity contribution in [1.29, 1.82) is 0 Å². The Morgan fingerprint density at radius 2 is 2.46 bits per heavy atom. The smallest absolute Gasteiger partial charge is 0.183 e. The average Bonchev–Trinajstić information content (AvgIpc) is 2.48. The molecular formula is C11H14O2. The first-order chi connectivity index (χ1) is 6.31. The van der Waals surface area contributed by atoms with E-state index in [0.29, 0.717) is 6.10 Å². The fourth-order valence-electron chi connectivity index (χ4n) is 2.00. The molecule has 2 nitrogen and oxygen atoms in total. The van der Waals surface area contributed by atoms with Crippen LogP contribution in [0.25, 0.3) is 0 Å². The summed E-state index contributed by atoms with van der Waals surface area (Å²) in [6.07, 6.45) is 8.95. The van der Waals surface area contributed by atoms with Gasteiger partial charge < -0.3 is 4.74 Å². The van der Waals surface area contributed by atoms with Crippen molar-refractivity contribution in [3.8, 4) is 0 Å². The lowest BCUT2D eigenvalue weighted by Gasteiger charge is -2.19. The Bertz CT molecular complexity index is 276. The van der Waals surface area contributed by atoms with E-state index in [1.165, 1.54) is 0 Å². The molecule has 13 heavy (non-hydrogen) atoms. The molecular weight excluding hydrogens is 164 g/mol. The number of allylic oxidation sites excluding steroid dienone is 2. The van der Waals surface area contributed by atoms with Gasteiger partial charge in [0, 0.05) is 5.57 Å². The van der Waals surface area contributed by atoms with Crippen LogP contribution in [-0.2, 0) is 9.53 Å². The summed E-state index contributed by atoms with van der Waals surface area (Å²) in [7, 11) is 0. The Balaban J connectivity index is 2.15. The van der Waals surface area contributed by atoms with Crippen LogP contribution >= 0.6 is 0 Å². The number of ether oxygens (including phenoxy) is 1. The minimum absolute atomic E-state index is 0.0856. The van der Waals surface area contributed by atoms with Gasteiger partial charge in [-0.15, -0.1) is 0 Å². The van der Waals surface area contributed by atoms with Gasteiger partial charge in [0.1, 0.15) is 0 Å². The predicted octanol–water partition coefficient (Wildman–Crippen LogP) is 2.01. The molecule has 2 rings (SSSR count). The van der Waals surface area contributed by atoms with Crippen LogP contribution < -0.4 is 0 Å². The Labute approximate surface area is 78.3 Å².